The number of carbonyl (C=O) groups is 4. The molecule has 4 heterocycles. The molecule has 18 nitrogen and oxygen atoms in total. The molecule has 1 saturated carbocycles. The van der Waals surface area contributed by atoms with Crippen molar-refractivity contribution in [2.24, 2.45) is 5.73 Å². The number of ketones is 2. The summed E-state index contributed by atoms with van der Waals surface area (Å²) in [7, 11) is 0. The molecule has 3 aromatic rings. The van der Waals surface area contributed by atoms with Crippen LogP contribution in [0.4, 0.5) is 5.69 Å². The molecule has 0 radical (unpaired) electrons. The summed E-state index contributed by atoms with van der Waals surface area (Å²) in [5.41, 5.74) is 6.91. The lowest BCUT2D eigenvalue weighted by Gasteiger charge is -2.50. The highest BCUT2D eigenvalue weighted by atomic mass is 16.7. The molecule has 10 atom stereocenters. The Morgan fingerprint density at radius 2 is 1.74 bits per heavy atom. The third-order valence-electron chi connectivity index (χ3n) is 13.2. The van der Waals surface area contributed by atoms with E-state index in [1.165, 1.54) is 12.1 Å². The van der Waals surface area contributed by atoms with Gasteiger partial charge in [-0.2, -0.15) is 0 Å². The minimum absolute atomic E-state index is 0.00985. The van der Waals surface area contributed by atoms with Gasteiger partial charge in [-0.1, -0.05) is 43.5 Å². The molecule has 1 spiro atoms. The zero-order valence-corrected chi connectivity index (χ0v) is 33.8. The van der Waals surface area contributed by atoms with E-state index in [2.05, 4.69) is 16.0 Å². The summed E-state index contributed by atoms with van der Waals surface area (Å²) in [5.74, 6) is -2.68. The van der Waals surface area contributed by atoms with E-state index in [9.17, 15) is 44.7 Å². The Balaban J connectivity index is 1.28. The highest BCUT2D eigenvalue weighted by Crippen LogP contribution is 2.51. The number of nitrogens with two attached hydrogens (primary N) is 1. The van der Waals surface area contributed by atoms with Crippen molar-refractivity contribution in [2.75, 3.05) is 24.8 Å². The SMILES string of the molecule is N[C@H]1NC(=O)[C@H]2NCN(c3ccccc3[C@H]3CCOC4(CCCCC4)[C@@H]4O[C@H](Oc5c3cc3c(c5OC[C@H](O)CC=O)C(=O)c5cc(CO)ccc5C3=O)[C@@H](O)[C@H](O)[C@H]4O)[C@@H]2N1. The quantitative estimate of drug-likeness (QED) is 0.103. The van der Waals surface area contributed by atoms with Gasteiger partial charge in [-0.05, 0) is 54.7 Å². The number of nitrogens with one attached hydrogen (secondary N) is 3. The molecular formula is C44H51N5O13. The van der Waals surface area contributed by atoms with Gasteiger partial charge in [0.2, 0.25) is 12.2 Å². The van der Waals surface area contributed by atoms with E-state index in [-0.39, 0.29) is 65.8 Å². The van der Waals surface area contributed by atoms with Crippen LogP contribution in [0, 0.1) is 0 Å². The number of benzene rings is 3. The second-order valence-electron chi connectivity index (χ2n) is 16.9. The number of fused-ring (bicyclic) bond motifs is 7. The molecule has 0 aromatic heterocycles. The van der Waals surface area contributed by atoms with E-state index in [0.29, 0.717) is 41.5 Å². The smallest absolute Gasteiger partial charge is 0.242 e. The van der Waals surface area contributed by atoms with Gasteiger partial charge in [0.25, 0.3) is 0 Å². The molecule has 2 bridgehead atoms. The molecule has 4 fully saturated rings. The Morgan fingerprint density at radius 3 is 2.52 bits per heavy atom. The average Bonchev–Trinajstić information content (AvgIpc) is 3.70. The van der Waals surface area contributed by atoms with Gasteiger partial charge in [0, 0.05) is 46.9 Å². The first-order valence-electron chi connectivity index (χ1n) is 21.1. The number of ether oxygens (including phenoxy) is 4. The topological polar surface area (TPSA) is 272 Å². The van der Waals surface area contributed by atoms with Crippen molar-refractivity contribution in [3.63, 3.8) is 0 Å². The fourth-order valence-corrected chi connectivity index (χ4v) is 10.1. The summed E-state index contributed by atoms with van der Waals surface area (Å²) < 4.78 is 26.4. The number of amides is 1. The Bertz CT molecular complexity index is 2250. The lowest BCUT2D eigenvalue weighted by atomic mass is 9.76. The zero-order chi connectivity index (χ0) is 43.4. The van der Waals surface area contributed by atoms with Crippen LogP contribution in [0.15, 0.2) is 48.5 Å². The molecule has 4 aliphatic heterocycles. The van der Waals surface area contributed by atoms with E-state index < -0.39 is 91.6 Å². The second-order valence-corrected chi connectivity index (χ2v) is 16.9. The van der Waals surface area contributed by atoms with Crippen LogP contribution < -0.4 is 36.1 Å². The van der Waals surface area contributed by atoms with Gasteiger partial charge in [-0.15, -0.1) is 0 Å². The van der Waals surface area contributed by atoms with Crippen molar-refractivity contribution >= 4 is 29.4 Å². The minimum Gasteiger partial charge on any atom is -0.486 e. The summed E-state index contributed by atoms with van der Waals surface area (Å²) >= 11 is 0. The number of anilines is 1. The molecule has 3 aromatic carbocycles. The lowest BCUT2D eigenvalue weighted by Crippen LogP contribution is -2.70. The van der Waals surface area contributed by atoms with Gasteiger partial charge in [-0.25, -0.2) is 0 Å². The van der Waals surface area contributed by atoms with Crippen molar-refractivity contribution < 1.29 is 63.7 Å². The van der Waals surface area contributed by atoms with Gasteiger partial charge in [0.05, 0.1) is 30.5 Å². The molecule has 9 rings (SSSR count). The molecule has 62 heavy (non-hydrogen) atoms. The number of aliphatic hydroxyl groups is 5. The number of hydrogen-bond acceptors (Lipinski definition) is 17. The lowest BCUT2D eigenvalue weighted by molar-refractivity contribution is -0.314. The van der Waals surface area contributed by atoms with Gasteiger partial charge in [0.1, 0.15) is 55.8 Å². The van der Waals surface area contributed by atoms with E-state index in [1.54, 1.807) is 12.1 Å². The van der Waals surface area contributed by atoms with Crippen molar-refractivity contribution in [1.29, 1.82) is 0 Å². The number of aliphatic hydroxyl groups excluding tert-OH is 5. The van der Waals surface area contributed by atoms with E-state index in [4.69, 9.17) is 24.7 Å². The van der Waals surface area contributed by atoms with E-state index in [1.807, 2.05) is 29.2 Å². The van der Waals surface area contributed by atoms with Crippen molar-refractivity contribution in [3.8, 4) is 11.5 Å². The van der Waals surface area contributed by atoms with Crippen LogP contribution in [0.2, 0.25) is 0 Å². The van der Waals surface area contributed by atoms with E-state index >= 15 is 0 Å². The number of rotatable bonds is 8. The summed E-state index contributed by atoms with van der Waals surface area (Å²) in [6.07, 6.45) is -7.02. The number of nitrogens with zero attached hydrogens (tertiary/aromatic N) is 1. The summed E-state index contributed by atoms with van der Waals surface area (Å²) in [4.78, 5) is 55.9. The van der Waals surface area contributed by atoms with Gasteiger partial charge < -0.3 is 59.5 Å². The molecule has 0 unspecified atom stereocenters. The highest BCUT2D eigenvalue weighted by Gasteiger charge is 2.56. The maximum atomic E-state index is 14.7. The fraction of sp³-hybridized carbons (Fsp3) is 0.500. The maximum Gasteiger partial charge on any atom is 0.242 e. The van der Waals surface area contributed by atoms with Crippen LogP contribution in [0.25, 0.3) is 0 Å². The van der Waals surface area contributed by atoms with Crippen LogP contribution in [0.3, 0.4) is 0 Å². The summed E-state index contributed by atoms with van der Waals surface area (Å²) in [6, 6.07) is 12.8. The molecule has 10 N–H and O–H groups in total. The molecule has 1 amide bonds. The van der Waals surface area contributed by atoms with Crippen molar-refractivity contribution in [2.45, 2.75) is 118 Å². The molecule has 2 aliphatic carbocycles. The third kappa shape index (κ3) is 7.27. The standard InChI is InChI=1S/C44H51N5O13/c45-43-47-40-31(41(58)48-43)46-20-49(40)29-7-3-2-6-24(29)23-11-15-60-44(12-4-1-5-13-44)39-35(56)34(55)36(57)42(62-39)61-37-27(23)17-28-30(38(37)59-19-22(52)10-14-50)33(54)26-16-21(18-51)8-9-25(26)32(28)53/h2-3,6-9,14,16-17,22-23,31,34-36,39-40,42-43,46-47,51-52,55-57H,1,4-5,10-13,15,18-20,45H2,(H,48,58)/t22-,23-,31+,34-,35-,36+,39-,40+,42+,43-/m1/s1. The Hall–Kier alpha value is -4.86. The van der Waals surface area contributed by atoms with Crippen molar-refractivity contribution in [1.82, 2.24) is 16.0 Å². The Kier molecular flexibility index (Phi) is 11.7. The van der Waals surface area contributed by atoms with Gasteiger partial charge in [0.15, 0.2) is 23.1 Å². The van der Waals surface area contributed by atoms with Crippen LogP contribution in [-0.4, -0.2) is 130 Å². The molecular weight excluding hydrogens is 807 g/mol. The predicted molar refractivity (Wildman–Crippen MR) is 217 cm³/mol. The van der Waals surface area contributed by atoms with Crippen LogP contribution in [-0.2, 0) is 25.7 Å². The largest absolute Gasteiger partial charge is 0.486 e. The first kappa shape index (κ1) is 42.4. The van der Waals surface area contributed by atoms with Crippen LogP contribution in [0.1, 0.15) is 99.4 Å². The van der Waals surface area contributed by atoms with E-state index in [0.717, 1.165) is 19.3 Å². The first-order valence-corrected chi connectivity index (χ1v) is 21.1. The molecule has 6 aliphatic rings. The van der Waals surface area contributed by atoms with Crippen LogP contribution in [0.5, 0.6) is 11.5 Å². The first-order chi connectivity index (χ1) is 29.9. The maximum absolute atomic E-state index is 14.7. The number of hydrogen-bond donors (Lipinski definition) is 9. The third-order valence-corrected chi connectivity index (χ3v) is 13.2. The fourth-order valence-electron chi connectivity index (χ4n) is 10.1. The normalized spacial score (nSPS) is 30.8. The Labute approximate surface area is 356 Å². The molecule has 18 heteroatoms. The second kappa shape index (κ2) is 17.0. The summed E-state index contributed by atoms with van der Waals surface area (Å²) in [6.45, 7) is -0.637. The molecule has 3 saturated heterocycles. The molecule has 330 valence electrons. The summed E-state index contributed by atoms with van der Waals surface area (Å²) in [5, 5.41) is 64.6. The number of aldehydes is 1. The average molecular weight is 858 g/mol. The van der Waals surface area contributed by atoms with Gasteiger partial charge >= 0.3 is 0 Å². The zero-order valence-electron chi connectivity index (χ0n) is 33.8. The van der Waals surface area contributed by atoms with Crippen LogP contribution >= 0.6 is 0 Å². The number of carbonyl (C=O) groups excluding carboxylic acids is 4. The minimum atomic E-state index is -1.84. The highest BCUT2D eigenvalue weighted by molar-refractivity contribution is 6.29. The number of para-hydroxylation sites is 1. The van der Waals surface area contributed by atoms with Gasteiger partial charge in [-0.3, -0.25) is 30.8 Å². The Morgan fingerprint density at radius 1 is 0.952 bits per heavy atom. The monoisotopic (exact) mass is 857 g/mol. The predicted octanol–water partition coefficient (Wildman–Crippen LogP) is -0.252. The van der Waals surface area contributed by atoms with Crippen molar-refractivity contribution in [3.05, 3.63) is 87.5 Å².